The molecule has 0 N–H and O–H groups in total. The molecule has 0 bridgehead atoms. The highest BCUT2D eigenvalue weighted by atomic mass is 35.5. The van der Waals surface area contributed by atoms with Crippen LogP contribution in [0.5, 0.6) is 0 Å². The summed E-state index contributed by atoms with van der Waals surface area (Å²) in [7, 11) is 0. The summed E-state index contributed by atoms with van der Waals surface area (Å²) in [6.45, 7) is 1.36. The van der Waals surface area contributed by atoms with Crippen LogP contribution in [0.25, 0.3) is 0 Å². The third-order valence-corrected chi connectivity index (χ3v) is 4.01. The molecule has 4 nitrogen and oxygen atoms in total. The normalized spacial score (nSPS) is 11.5. The number of ether oxygens (including phenoxy) is 1. The molecule has 0 unspecified atom stereocenters. The number of carbonyl (C=O) groups excluding carboxylic acids is 1. The van der Waals surface area contributed by atoms with E-state index in [1.54, 1.807) is 24.3 Å². The maximum atomic E-state index is 11.9. The predicted molar refractivity (Wildman–Crippen MR) is 101 cm³/mol. The quantitative estimate of drug-likeness (QED) is 0.418. The molecule has 0 amide bonds. The molecule has 0 spiro atoms. The van der Waals surface area contributed by atoms with Crippen molar-refractivity contribution < 1.29 is 9.53 Å². The topological polar surface area (TPSA) is 51.0 Å². The van der Waals surface area contributed by atoms with Crippen molar-refractivity contribution in [3.05, 3.63) is 101 Å². The first-order valence-electron chi connectivity index (χ1n) is 8.09. The molecule has 0 saturated heterocycles. The number of hydrogen-bond donors (Lipinski definition) is 0. The summed E-state index contributed by atoms with van der Waals surface area (Å²) in [5, 5.41) is 9.40. The molecule has 3 aromatic carbocycles. The summed E-state index contributed by atoms with van der Waals surface area (Å²) >= 11 is 5.92. The fourth-order valence-corrected chi connectivity index (χ4v) is 2.72. The van der Waals surface area contributed by atoms with Gasteiger partial charge in [-0.3, -0.25) is 4.79 Å². The fourth-order valence-electron chi connectivity index (χ4n) is 2.59. The maximum absolute atomic E-state index is 11.9. The van der Waals surface area contributed by atoms with E-state index in [0.29, 0.717) is 21.8 Å². The molecule has 130 valence electrons. The molecule has 3 rings (SSSR count). The van der Waals surface area contributed by atoms with Crippen LogP contribution in [0.1, 0.15) is 18.1 Å². The van der Waals surface area contributed by atoms with Gasteiger partial charge < -0.3 is 4.74 Å². The van der Waals surface area contributed by atoms with Gasteiger partial charge in [0, 0.05) is 23.1 Å². The Labute approximate surface area is 157 Å². The van der Waals surface area contributed by atoms with Gasteiger partial charge in [0.15, 0.2) is 0 Å². The fraction of sp³-hybridized carbons (Fsp3) is 0.0952. The predicted octanol–water partition coefficient (Wildman–Crippen LogP) is 5.89. The standard InChI is InChI=1S/C21H17ClN2O2/c1-16(25)26-21(17-8-4-2-5-9-17,18-10-6-3-7-11-18)24-23-20-14-12-19(22)13-15-20/h2-15H,1H3. The summed E-state index contributed by atoms with van der Waals surface area (Å²) in [4.78, 5) is 11.9. The Morgan fingerprint density at radius 3 is 1.81 bits per heavy atom. The first-order valence-corrected chi connectivity index (χ1v) is 8.47. The highest BCUT2D eigenvalue weighted by Gasteiger charge is 2.38. The van der Waals surface area contributed by atoms with Crippen LogP contribution in [0, 0.1) is 0 Å². The van der Waals surface area contributed by atoms with E-state index in [1.165, 1.54) is 6.92 Å². The lowest BCUT2D eigenvalue weighted by molar-refractivity contribution is -0.153. The second-order valence-electron chi connectivity index (χ2n) is 5.65. The van der Waals surface area contributed by atoms with Gasteiger partial charge in [0.05, 0.1) is 5.69 Å². The molecule has 0 radical (unpaired) electrons. The molecule has 5 heteroatoms. The van der Waals surface area contributed by atoms with Crippen molar-refractivity contribution in [2.45, 2.75) is 12.6 Å². The molecule has 26 heavy (non-hydrogen) atoms. The van der Waals surface area contributed by atoms with Gasteiger partial charge in [-0.25, -0.2) is 0 Å². The van der Waals surface area contributed by atoms with Gasteiger partial charge in [0.25, 0.3) is 5.72 Å². The van der Waals surface area contributed by atoms with E-state index in [2.05, 4.69) is 10.2 Å². The molecule has 0 aliphatic heterocycles. The minimum absolute atomic E-state index is 0.451. The largest absolute Gasteiger partial charge is 0.427 e. The van der Waals surface area contributed by atoms with Crippen LogP contribution < -0.4 is 0 Å². The first-order chi connectivity index (χ1) is 12.6. The minimum atomic E-state index is -1.37. The maximum Gasteiger partial charge on any atom is 0.305 e. The van der Waals surface area contributed by atoms with E-state index in [9.17, 15) is 4.79 Å². The molecular weight excluding hydrogens is 348 g/mol. The summed E-state index contributed by atoms with van der Waals surface area (Å²) in [5.41, 5.74) is 0.657. The Kier molecular flexibility index (Phi) is 5.44. The third kappa shape index (κ3) is 3.98. The molecule has 0 fully saturated rings. The van der Waals surface area contributed by atoms with Gasteiger partial charge >= 0.3 is 5.97 Å². The Hall–Kier alpha value is -2.98. The molecule has 0 aliphatic rings. The van der Waals surface area contributed by atoms with Gasteiger partial charge in [-0.05, 0) is 24.3 Å². The van der Waals surface area contributed by atoms with Crippen molar-refractivity contribution in [2.75, 3.05) is 0 Å². The lowest BCUT2D eigenvalue weighted by atomic mass is 9.95. The summed E-state index contributed by atoms with van der Waals surface area (Å²) in [6.07, 6.45) is 0. The Morgan fingerprint density at radius 1 is 0.846 bits per heavy atom. The molecular formula is C21H17ClN2O2. The highest BCUT2D eigenvalue weighted by Crippen LogP contribution is 2.37. The smallest absolute Gasteiger partial charge is 0.305 e. The van der Waals surface area contributed by atoms with Crippen molar-refractivity contribution in [2.24, 2.45) is 10.2 Å². The molecule has 0 atom stereocenters. The monoisotopic (exact) mass is 364 g/mol. The average molecular weight is 365 g/mol. The number of hydrogen-bond acceptors (Lipinski definition) is 4. The number of halogens is 1. The molecule has 0 saturated carbocycles. The van der Waals surface area contributed by atoms with Crippen LogP contribution in [-0.2, 0) is 15.3 Å². The van der Waals surface area contributed by atoms with E-state index in [1.807, 2.05) is 60.7 Å². The second kappa shape index (κ2) is 7.93. The van der Waals surface area contributed by atoms with Crippen LogP contribution in [-0.4, -0.2) is 5.97 Å². The molecule has 0 heterocycles. The number of rotatable bonds is 5. The van der Waals surface area contributed by atoms with E-state index >= 15 is 0 Å². The van der Waals surface area contributed by atoms with Crippen LogP contribution in [0.2, 0.25) is 5.02 Å². The van der Waals surface area contributed by atoms with E-state index < -0.39 is 11.7 Å². The van der Waals surface area contributed by atoms with Crippen LogP contribution in [0.15, 0.2) is 95.2 Å². The minimum Gasteiger partial charge on any atom is -0.427 e. The van der Waals surface area contributed by atoms with E-state index in [-0.39, 0.29) is 0 Å². The molecule has 0 aliphatic carbocycles. The van der Waals surface area contributed by atoms with Crippen molar-refractivity contribution in [3.8, 4) is 0 Å². The summed E-state index contributed by atoms with van der Waals surface area (Å²) in [5.74, 6) is -0.451. The lowest BCUT2D eigenvalue weighted by Crippen LogP contribution is -2.30. The first kappa shape index (κ1) is 17.8. The highest BCUT2D eigenvalue weighted by molar-refractivity contribution is 6.30. The van der Waals surface area contributed by atoms with Crippen molar-refractivity contribution >= 4 is 23.3 Å². The Morgan fingerprint density at radius 2 is 1.35 bits per heavy atom. The zero-order valence-electron chi connectivity index (χ0n) is 14.2. The number of benzene rings is 3. The zero-order valence-corrected chi connectivity index (χ0v) is 14.9. The van der Waals surface area contributed by atoms with Gasteiger partial charge in [-0.2, -0.15) is 5.11 Å². The van der Waals surface area contributed by atoms with Crippen LogP contribution in [0.4, 0.5) is 5.69 Å². The van der Waals surface area contributed by atoms with Crippen molar-refractivity contribution in [1.29, 1.82) is 0 Å². The number of azo groups is 1. The zero-order chi connectivity index (χ0) is 18.4. The van der Waals surface area contributed by atoms with E-state index in [4.69, 9.17) is 16.3 Å². The third-order valence-electron chi connectivity index (χ3n) is 3.75. The molecule has 0 aromatic heterocycles. The van der Waals surface area contributed by atoms with Crippen LogP contribution in [0.3, 0.4) is 0 Å². The van der Waals surface area contributed by atoms with Gasteiger partial charge in [-0.15, -0.1) is 5.11 Å². The SMILES string of the molecule is CC(=O)OC(N=Nc1ccc(Cl)cc1)(c1ccccc1)c1ccccc1. The summed E-state index contributed by atoms with van der Waals surface area (Å²) in [6, 6.07) is 25.7. The van der Waals surface area contributed by atoms with Gasteiger partial charge in [0.1, 0.15) is 0 Å². The second-order valence-corrected chi connectivity index (χ2v) is 6.08. The van der Waals surface area contributed by atoms with Crippen molar-refractivity contribution in [1.82, 2.24) is 0 Å². The Bertz CT molecular complexity index is 855. The number of nitrogens with zero attached hydrogens (tertiary/aromatic N) is 2. The summed E-state index contributed by atoms with van der Waals surface area (Å²) < 4.78 is 5.73. The van der Waals surface area contributed by atoms with Crippen LogP contribution >= 0.6 is 11.6 Å². The Balaban J connectivity index is 2.16. The van der Waals surface area contributed by atoms with Gasteiger partial charge in [0.2, 0.25) is 0 Å². The number of carbonyl (C=O) groups is 1. The average Bonchev–Trinajstić information content (AvgIpc) is 2.67. The van der Waals surface area contributed by atoms with Crippen molar-refractivity contribution in [3.63, 3.8) is 0 Å². The molecule has 3 aromatic rings. The lowest BCUT2D eigenvalue weighted by Gasteiger charge is -2.28. The van der Waals surface area contributed by atoms with E-state index in [0.717, 1.165) is 0 Å². The number of esters is 1. The van der Waals surface area contributed by atoms with Gasteiger partial charge in [-0.1, -0.05) is 72.3 Å².